The predicted molar refractivity (Wildman–Crippen MR) is 86.6 cm³/mol. The van der Waals surface area contributed by atoms with Gasteiger partial charge in [-0.25, -0.2) is 4.39 Å². The zero-order valence-electron chi connectivity index (χ0n) is 11.6. The quantitative estimate of drug-likeness (QED) is 0.721. The molecule has 2 aliphatic rings. The van der Waals surface area contributed by atoms with Gasteiger partial charge in [-0.3, -0.25) is 4.79 Å². The van der Waals surface area contributed by atoms with Crippen molar-refractivity contribution in [1.82, 2.24) is 5.32 Å². The maximum absolute atomic E-state index is 13.4. The Morgan fingerprint density at radius 2 is 2.18 bits per heavy atom. The third kappa shape index (κ3) is 2.57. The molecule has 0 radical (unpaired) electrons. The Hall–Kier alpha value is -1.66. The van der Waals surface area contributed by atoms with Crippen LogP contribution >= 0.6 is 23.8 Å². The topological polar surface area (TPSA) is 61.4 Å². The summed E-state index contributed by atoms with van der Waals surface area (Å²) >= 11 is 11.0. The van der Waals surface area contributed by atoms with Crippen molar-refractivity contribution < 1.29 is 14.3 Å². The van der Waals surface area contributed by atoms with Crippen molar-refractivity contribution in [3.63, 3.8) is 0 Å². The number of hydrogen-bond donors (Lipinski definition) is 3. The summed E-state index contributed by atoms with van der Waals surface area (Å²) in [4.78, 5) is 12.3. The van der Waals surface area contributed by atoms with E-state index in [0.717, 1.165) is 19.3 Å². The Bertz CT molecular complexity index is 701. The van der Waals surface area contributed by atoms with E-state index in [1.165, 1.54) is 12.1 Å². The molecule has 1 aromatic carbocycles. The molecule has 1 aromatic rings. The summed E-state index contributed by atoms with van der Waals surface area (Å²) in [7, 11) is 0. The van der Waals surface area contributed by atoms with E-state index in [9.17, 15) is 14.3 Å². The molecule has 7 heteroatoms. The molecule has 0 atom stereocenters. The zero-order chi connectivity index (χ0) is 15.9. The lowest BCUT2D eigenvalue weighted by Crippen LogP contribution is -2.57. The van der Waals surface area contributed by atoms with E-state index in [0.29, 0.717) is 6.42 Å². The first kappa shape index (κ1) is 15.2. The molecular weight excluding hydrogens is 327 g/mol. The molecule has 1 aliphatic heterocycles. The summed E-state index contributed by atoms with van der Waals surface area (Å²) in [5.41, 5.74) is -0.0481. The van der Waals surface area contributed by atoms with Crippen molar-refractivity contribution in [3.8, 4) is 0 Å². The monoisotopic (exact) mass is 340 g/mol. The van der Waals surface area contributed by atoms with Gasteiger partial charge in [0.2, 0.25) is 0 Å². The fourth-order valence-electron chi connectivity index (χ4n) is 2.81. The second kappa shape index (κ2) is 5.52. The van der Waals surface area contributed by atoms with E-state index in [1.54, 1.807) is 6.07 Å². The number of carbonyl (C=O) groups excluding carboxylic acids is 1. The molecule has 3 N–H and O–H groups in total. The van der Waals surface area contributed by atoms with Crippen LogP contribution in [0.25, 0.3) is 0 Å². The second-order valence-corrected chi connectivity index (χ2v) is 6.43. The first-order valence-corrected chi connectivity index (χ1v) is 7.70. The van der Waals surface area contributed by atoms with Gasteiger partial charge in [0.15, 0.2) is 0 Å². The standard InChI is InChI=1S/C15H14ClFN2O2S/c16-12-8(17)3-1-4-9(12)18-14(22)11-10(20)7-15(5-2-6-15)19-13(11)21/h1,3-4,20H,2,5-7H2,(H,18,22)(H,19,21). The van der Waals surface area contributed by atoms with Gasteiger partial charge in [-0.15, -0.1) is 0 Å². The van der Waals surface area contributed by atoms with Gasteiger partial charge >= 0.3 is 0 Å². The SMILES string of the molecule is O=C1NC2(CCC2)CC(O)=C1C(=S)Nc1cccc(F)c1Cl. The Morgan fingerprint density at radius 1 is 1.45 bits per heavy atom. The first-order valence-electron chi connectivity index (χ1n) is 6.92. The summed E-state index contributed by atoms with van der Waals surface area (Å²) in [5.74, 6) is -1.03. The van der Waals surface area contributed by atoms with Crippen LogP contribution in [0.15, 0.2) is 29.5 Å². The number of aliphatic hydroxyl groups excluding tert-OH is 1. The van der Waals surface area contributed by atoms with E-state index in [1.807, 2.05) is 0 Å². The van der Waals surface area contributed by atoms with Crippen LogP contribution in [0.3, 0.4) is 0 Å². The van der Waals surface area contributed by atoms with Crippen molar-refractivity contribution in [2.75, 3.05) is 5.32 Å². The molecular formula is C15H14ClFN2O2S. The largest absolute Gasteiger partial charge is 0.511 e. The van der Waals surface area contributed by atoms with Gasteiger partial charge < -0.3 is 15.7 Å². The van der Waals surface area contributed by atoms with Crippen molar-refractivity contribution in [2.45, 2.75) is 31.2 Å². The number of nitrogens with one attached hydrogen (secondary N) is 2. The molecule has 1 heterocycles. The Morgan fingerprint density at radius 3 is 2.77 bits per heavy atom. The van der Waals surface area contributed by atoms with Gasteiger partial charge in [-0.2, -0.15) is 0 Å². The normalized spacial score (nSPS) is 19.6. The number of thiocarbonyl (C=S) groups is 1. The molecule has 0 aromatic heterocycles. The third-order valence-electron chi connectivity index (χ3n) is 4.14. The number of aliphatic hydroxyl groups is 1. The average Bonchev–Trinajstić information content (AvgIpc) is 2.41. The van der Waals surface area contributed by atoms with E-state index < -0.39 is 11.7 Å². The highest BCUT2D eigenvalue weighted by atomic mass is 35.5. The van der Waals surface area contributed by atoms with Gasteiger partial charge in [-0.1, -0.05) is 29.9 Å². The van der Waals surface area contributed by atoms with Crippen molar-refractivity contribution >= 4 is 40.4 Å². The lowest BCUT2D eigenvalue weighted by molar-refractivity contribution is -0.121. The molecule has 4 nitrogen and oxygen atoms in total. The van der Waals surface area contributed by atoms with Crippen LogP contribution in [-0.2, 0) is 4.79 Å². The molecule has 116 valence electrons. The molecule has 1 aliphatic carbocycles. The highest BCUT2D eigenvalue weighted by molar-refractivity contribution is 7.81. The van der Waals surface area contributed by atoms with E-state index in [2.05, 4.69) is 10.6 Å². The molecule has 0 bridgehead atoms. The predicted octanol–water partition coefficient (Wildman–Crippen LogP) is 3.47. The van der Waals surface area contributed by atoms with Crippen LogP contribution in [0.4, 0.5) is 10.1 Å². The van der Waals surface area contributed by atoms with Crippen molar-refractivity contribution in [2.24, 2.45) is 0 Å². The lowest BCUT2D eigenvalue weighted by atomic mass is 9.72. The summed E-state index contributed by atoms with van der Waals surface area (Å²) in [5, 5.41) is 15.7. The fourth-order valence-corrected chi connectivity index (χ4v) is 3.31. The molecule has 1 amide bonds. The van der Waals surface area contributed by atoms with E-state index in [-0.39, 0.29) is 32.6 Å². The number of carbonyl (C=O) groups is 1. The highest BCUT2D eigenvalue weighted by Crippen LogP contribution is 2.40. The van der Waals surface area contributed by atoms with Crippen LogP contribution in [0.5, 0.6) is 0 Å². The van der Waals surface area contributed by atoms with Crippen molar-refractivity contribution in [3.05, 3.63) is 40.4 Å². The maximum atomic E-state index is 13.4. The van der Waals surface area contributed by atoms with Gasteiger partial charge in [0.05, 0.1) is 10.7 Å². The maximum Gasteiger partial charge on any atom is 0.258 e. The number of halogens is 2. The Kier molecular flexibility index (Phi) is 3.82. The van der Waals surface area contributed by atoms with Gasteiger partial charge in [0.1, 0.15) is 22.1 Å². The van der Waals surface area contributed by atoms with Crippen LogP contribution in [0.1, 0.15) is 25.7 Å². The fraction of sp³-hybridized carbons (Fsp3) is 0.333. The molecule has 3 rings (SSSR count). The second-order valence-electron chi connectivity index (χ2n) is 5.64. The molecule has 0 unspecified atom stereocenters. The third-order valence-corrected chi connectivity index (χ3v) is 4.83. The smallest absolute Gasteiger partial charge is 0.258 e. The average molecular weight is 341 g/mol. The Labute approximate surface area is 137 Å². The minimum atomic E-state index is -0.589. The minimum Gasteiger partial charge on any atom is -0.511 e. The zero-order valence-corrected chi connectivity index (χ0v) is 13.2. The number of rotatable bonds is 2. The summed E-state index contributed by atoms with van der Waals surface area (Å²) in [6, 6.07) is 4.25. The summed E-state index contributed by atoms with van der Waals surface area (Å²) in [6.45, 7) is 0. The molecule has 22 heavy (non-hydrogen) atoms. The van der Waals surface area contributed by atoms with Gasteiger partial charge in [-0.05, 0) is 31.4 Å². The van der Waals surface area contributed by atoms with Crippen LogP contribution in [0.2, 0.25) is 5.02 Å². The summed E-state index contributed by atoms with van der Waals surface area (Å²) < 4.78 is 13.4. The highest BCUT2D eigenvalue weighted by Gasteiger charge is 2.44. The first-order chi connectivity index (χ1) is 10.4. The molecule has 1 spiro atoms. The lowest BCUT2D eigenvalue weighted by Gasteiger charge is -2.45. The molecule has 1 saturated carbocycles. The summed E-state index contributed by atoms with van der Waals surface area (Å²) in [6.07, 6.45) is 3.11. The molecule has 1 fully saturated rings. The van der Waals surface area contributed by atoms with Crippen molar-refractivity contribution in [1.29, 1.82) is 0 Å². The number of hydrogen-bond acceptors (Lipinski definition) is 3. The Balaban J connectivity index is 1.84. The number of amides is 1. The van der Waals surface area contributed by atoms with Gasteiger partial charge in [0.25, 0.3) is 5.91 Å². The van der Waals surface area contributed by atoms with Gasteiger partial charge in [0, 0.05) is 12.0 Å². The van der Waals surface area contributed by atoms with Crippen LogP contribution in [0, 0.1) is 5.82 Å². The number of anilines is 1. The van der Waals surface area contributed by atoms with E-state index >= 15 is 0 Å². The minimum absolute atomic E-state index is 0.0212. The van der Waals surface area contributed by atoms with Crippen LogP contribution in [-0.4, -0.2) is 21.5 Å². The van der Waals surface area contributed by atoms with Crippen LogP contribution < -0.4 is 10.6 Å². The van der Waals surface area contributed by atoms with E-state index in [4.69, 9.17) is 23.8 Å². The molecule has 0 saturated heterocycles. The number of benzene rings is 1.